The van der Waals surface area contributed by atoms with Crippen molar-refractivity contribution in [1.82, 2.24) is 10.2 Å². The standard InChI is InChI=1S/C16H32N2O/c1-12(2)15-10-17-16(3,4)11-18(15)13-7-6-8-14(9-13)19-5/h12-15,17H,6-11H2,1-5H3. The third kappa shape index (κ3) is 3.71. The lowest BCUT2D eigenvalue weighted by Gasteiger charge is -2.51. The normalized spacial score (nSPS) is 36.6. The predicted octanol–water partition coefficient (Wildman–Crippen LogP) is 2.65. The first-order chi connectivity index (χ1) is 8.93. The Bertz CT molecular complexity index is 290. The second kappa shape index (κ2) is 6.11. The molecule has 0 amide bonds. The van der Waals surface area contributed by atoms with Gasteiger partial charge in [-0.3, -0.25) is 4.90 Å². The highest BCUT2D eigenvalue weighted by Gasteiger charge is 2.39. The highest BCUT2D eigenvalue weighted by atomic mass is 16.5. The van der Waals surface area contributed by atoms with E-state index in [0.717, 1.165) is 13.1 Å². The second-order valence-electron chi connectivity index (χ2n) is 7.43. The van der Waals surface area contributed by atoms with Crippen LogP contribution in [0.15, 0.2) is 0 Å². The van der Waals surface area contributed by atoms with Crippen molar-refractivity contribution >= 4 is 0 Å². The smallest absolute Gasteiger partial charge is 0.0586 e. The first-order valence-corrected chi connectivity index (χ1v) is 7.96. The summed E-state index contributed by atoms with van der Waals surface area (Å²) in [5, 5.41) is 3.71. The van der Waals surface area contributed by atoms with E-state index < -0.39 is 0 Å². The fraction of sp³-hybridized carbons (Fsp3) is 1.00. The van der Waals surface area contributed by atoms with Crippen molar-refractivity contribution in [2.45, 2.75) is 77.1 Å². The van der Waals surface area contributed by atoms with Crippen LogP contribution in [0.5, 0.6) is 0 Å². The molecule has 1 aliphatic carbocycles. The molecule has 3 unspecified atom stereocenters. The van der Waals surface area contributed by atoms with Gasteiger partial charge in [-0.1, -0.05) is 13.8 Å². The first kappa shape index (κ1) is 15.3. The molecule has 2 fully saturated rings. The van der Waals surface area contributed by atoms with Crippen molar-refractivity contribution in [3.8, 4) is 0 Å². The number of rotatable bonds is 3. The summed E-state index contributed by atoms with van der Waals surface area (Å²) in [4.78, 5) is 2.78. The minimum Gasteiger partial charge on any atom is -0.381 e. The van der Waals surface area contributed by atoms with E-state index in [-0.39, 0.29) is 5.54 Å². The Morgan fingerprint density at radius 1 is 1.26 bits per heavy atom. The van der Waals surface area contributed by atoms with Crippen LogP contribution < -0.4 is 5.32 Å². The highest BCUT2D eigenvalue weighted by molar-refractivity contribution is 4.97. The summed E-state index contributed by atoms with van der Waals surface area (Å²) in [5.41, 5.74) is 0.241. The molecule has 1 saturated heterocycles. The van der Waals surface area contributed by atoms with Gasteiger partial charge in [0.15, 0.2) is 0 Å². The van der Waals surface area contributed by atoms with E-state index in [1.54, 1.807) is 0 Å². The van der Waals surface area contributed by atoms with E-state index in [0.29, 0.717) is 24.1 Å². The van der Waals surface area contributed by atoms with Crippen molar-refractivity contribution in [3.63, 3.8) is 0 Å². The van der Waals surface area contributed by atoms with Crippen LogP contribution >= 0.6 is 0 Å². The Hall–Kier alpha value is -0.120. The second-order valence-corrected chi connectivity index (χ2v) is 7.43. The van der Waals surface area contributed by atoms with Crippen molar-refractivity contribution in [2.75, 3.05) is 20.2 Å². The average molecular weight is 268 g/mol. The monoisotopic (exact) mass is 268 g/mol. The van der Waals surface area contributed by atoms with E-state index in [4.69, 9.17) is 4.74 Å². The van der Waals surface area contributed by atoms with Crippen LogP contribution in [-0.2, 0) is 4.74 Å². The Balaban J connectivity index is 2.08. The summed E-state index contributed by atoms with van der Waals surface area (Å²) in [6.45, 7) is 11.7. The minimum absolute atomic E-state index is 0.241. The van der Waals surface area contributed by atoms with Crippen molar-refractivity contribution in [2.24, 2.45) is 5.92 Å². The van der Waals surface area contributed by atoms with Crippen molar-refractivity contribution in [1.29, 1.82) is 0 Å². The molecule has 2 rings (SSSR count). The third-order valence-corrected chi connectivity index (χ3v) is 4.96. The molecule has 3 atom stereocenters. The molecule has 0 spiro atoms. The van der Waals surface area contributed by atoms with Gasteiger partial charge in [0.2, 0.25) is 0 Å². The SMILES string of the molecule is COC1CCCC(N2CC(C)(C)NCC2C(C)C)C1. The Kier molecular flexibility index (Phi) is 4.91. The minimum atomic E-state index is 0.241. The van der Waals surface area contributed by atoms with E-state index in [1.165, 1.54) is 25.7 Å². The van der Waals surface area contributed by atoms with Crippen LogP contribution in [0.1, 0.15) is 53.4 Å². The zero-order valence-corrected chi connectivity index (χ0v) is 13.4. The number of nitrogens with one attached hydrogen (secondary N) is 1. The average Bonchev–Trinajstić information content (AvgIpc) is 2.37. The fourth-order valence-electron chi connectivity index (χ4n) is 3.78. The maximum Gasteiger partial charge on any atom is 0.0586 e. The van der Waals surface area contributed by atoms with Crippen LogP contribution in [0, 0.1) is 5.92 Å². The Labute approximate surface area is 119 Å². The van der Waals surface area contributed by atoms with Gasteiger partial charge in [-0.25, -0.2) is 0 Å². The first-order valence-electron chi connectivity index (χ1n) is 7.96. The van der Waals surface area contributed by atoms with Gasteiger partial charge in [0.1, 0.15) is 0 Å². The summed E-state index contributed by atoms with van der Waals surface area (Å²) < 4.78 is 5.62. The van der Waals surface area contributed by atoms with E-state index >= 15 is 0 Å². The molecule has 1 N–H and O–H groups in total. The number of ether oxygens (including phenoxy) is 1. The summed E-state index contributed by atoms with van der Waals surface area (Å²) in [6.07, 6.45) is 5.60. The highest BCUT2D eigenvalue weighted by Crippen LogP contribution is 2.31. The molecule has 3 heteroatoms. The maximum absolute atomic E-state index is 5.62. The van der Waals surface area contributed by atoms with Gasteiger partial charge < -0.3 is 10.1 Å². The molecule has 0 aromatic carbocycles. The molecule has 0 aromatic heterocycles. The largest absolute Gasteiger partial charge is 0.381 e. The molecule has 0 aromatic rings. The molecule has 1 aliphatic heterocycles. The Morgan fingerprint density at radius 2 is 2.00 bits per heavy atom. The van der Waals surface area contributed by atoms with Gasteiger partial charge in [-0.05, 0) is 45.4 Å². The molecule has 1 heterocycles. The lowest BCUT2D eigenvalue weighted by atomic mass is 9.85. The van der Waals surface area contributed by atoms with E-state index in [1.807, 2.05) is 7.11 Å². The van der Waals surface area contributed by atoms with Crippen LogP contribution in [0.25, 0.3) is 0 Å². The van der Waals surface area contributed by atoms with E-state index in [9.17, 15) is 0 Å². The lowest BCUT2D eigenvalue weighted by Crippen LogP contribution is -2.65. The van der Waals surface area contributed by atoms with Gasteiger partial charge in [-0.2, -0.15) is 0 Å². The molecule has 3 nitrogen and oxygen atoms in total. The summed E-state index contributed by atoms with van der Waals surface area (Å²) in [5.74, 6) is 0.714. The van der Waals surface area contributed by atoms with Gasteiger partial charge in [-0.15, -0.1) is 0 Å². The van der Waals surface area contributed by atoms with Crippen molar-refractivity contribution in [3.05, 3.63) is 0 Å². The topological polar surface area (TPSA) is 24.5 Å². The van der Waals surface area contributed by atoms with Crippen LogP contribution in [0.2, 0.25) is 0 Å². The van der Waals surface area contributed by atoms with Gasteiger partial charge in [0.05, 0.1) is 6.10 Å². The molecule has 19 heavy (non-hydrogen) atoms. The summed E-state index contributed by atoms with van der Waals surface area (Å²) in [6, 6.07) is 1.39. The van der Waals surface area contributed by atoms with Gasteiger partial charge >= 0.3 is 0 Å². The van der Waals surface area contributed by atoms with Crippen LogP contribution in [0.3, 0.4) is 0 Å². The number of hydrogen-bond acceptors (Lipinski definition) is 3. The van der Waals surface area contributed by atoms with E-state index in [2.05, 4.69) is 37.9 Å². The molecule has 0 bridgehead atoms. The summed E-state index contributed by atoms with van der Waals surface area (Å²) in [7, 11) is 1.87. The molecule has 112 valence electrons. The van der Waals surface area contributed by atoms with Crippen molar-refractivity contribution < 1.29 is 4.74 Å². The van der Waals surface area contributed by atoms with Gasteiger partial charge in [0.25, 0.3) is 0 Å². The molecule has 0 radical (unpaired) electrons. The molecule has 1 saturated carbocycles. The maximum atomic E-state index is 5.62. The molecule has 2 aliphatic rings. The quantitative estimate of drug-likeness (QED) is 0.851. The predicted molar refractivity (Wildman–Crippen MR) is 80.5 cm³/mol. The number of nitrogens with zero attached hydrogens (tertiary/aromatic N) is 1. The molecular formula is C16H32N2O. The number of piperazine rings is 1. The fourth-order valence-corrected chi connectivity index (χ4v) is 3.78. The Morgan fingerprint density at radius 3 is 2.63 bits per heavy atom. The molecular weight excluding hydrogens is 236 g/mol. The third-order valence-electron chi connectivity index (χ3n) is 4.96. The lowest BCUT2D eigenvalue weighted by molar-refractivity contribution is -0.0208. The van der Waals surface area contributed by atoms with Crippen LogP contribution in [-0.4, -0.2) is 48.8 Å². The number of methoxy groups -OCH3 is 1. The van der Waals surface area contributed by atoms with Gasteiger partial charge in [0, 0.05) is 37.8 Å². The summed E-state index contributed by atoms with van der Waals surface area (Å²) >= 11 is 0. The zero-order valence-electron chi connectivity index (χ0n) is 13.4. The number of hydrogen-bond donors (Lipinski definition) is 1. The van der Waals surface area contributed by atoms with Crippen LogP contribution in [0.4, 0.5) is 0 Å². The zero-order chi connectivity index (χ0) is 14.0.